The Morgan fingerprint density at radius 3 is 3.00 bits per heavy atom. The molecule has 0 fully saturated rings. The minimum atomic E-state index is -0.199. The summed E-state index contributed by atoms with van der Waals surface area (Å²) in [6, 6.07) is 5.98. The van der Waals surface area contributed by atoms with Crippen LogP contribution < -0.4 is 5.32 Å². The highest BCUT2D eigenvalue weighted by atomic mass is 16.5. The molecule has 5 nitrogen and oxygen atoms in total. The predicted molar refractivity (Wildman–Crippen MR) is 71.7 cm³/mol. The van der Waals surface area contributed by atoms with E-state index in [1.165, 1.54) is 7.11 Å². The minimum absolute atomic E-state index is 0.0474. The summed E-state index contributed by atoms with van der Waals surface area (Å²) >= 11 is 0. The van der Waals surface area contributed by atoms with Crippen LogP contribution in [0.2, 0.25) is 0 Å². The quantitative estimate of drug-likeness (QED) is 0.809. The van der Waals surface area contributed by atoms with Gasteiger partial charge in [-0.15, -0.1) is 0 Å². The number of ether oxygens (including phenoxy) is 1. The number of nitrogens with zero attached hydrogens (tertiary/aromatic N) is 1. The van der Waals surface area contributed by atoms with Crippen LogP contribution in [-0.2, 0) is 27.3 Å². The van der Waals surface area contributed by atoms with E-state index in [2.05, 4.69) is 15.0 Å². The van der Waals surface area contributed by atoms with Gasteiger partial charge in [0.1, 0.15) is 0 Å². The van der Waals surface area contributed by atoms with Crippen molar-refractivity contribution in [1.29, 1.82) is 0 Å². The lowest BCUT2D eigenvalue weighted by atomic mass is 10.1. The van der Waals surface area contributed by atoms with Crippen LogP contribution >= 0.6 is 0 Å². The molecule has 0 atom stereocenters. The van der Waals surface area contributed by atoms with Gasteiger partial charge >= 0.3 is 5.97 Å². The molecule has 5 heteroatoms. The molecule has 1 heterocycles. The zero-order chi connectivity index (χ0) is 13.8. The highest BCUT2D eigenvalue weighted by Gasteiger charge is 2.17. The van der Waals surface area contributed by atoms with Gasteiger partial charge in [-0.1, -0.05) is 12.1 Å². The van der Waals surface area contributed by atoms with E-state index in [-0.39, 0.29) is 11.9 Å². The molecular formula is C14H18N2O3. The molecule has 0 saturated heterocycles. The number of fused-ring (bicyclic) bond motifs is 1. The molecule has 1 aliphatic heterocycles. The van der Waals surface area contributed by atoms with Crippen LogP contribution in [0.4, 0.5) is 5.69 Å². The molecule has 1 N–H and O–H groups in total. The molecular weight excluding hydrogens is 244 g/mol. The Labute approximate surface area is 112 Å². The van der Waals surface area contributed by atoms with E-state index in [0.717, 1.165) is 23.4 Å². The molecule has 19 heavy (non-hydrogen) atoms. The molecule has 2 rings (SSSR count). The first-order valence-corrected chi connectivity index (χ1v) is 6.25. The second-order valence-electron chi connectivity index (χ2n) is 4.78. The lowest BCUT2D eigenvalue weighted by molar-refractivity contribution is -0.140. The Balaban J connectivity index is 1.91. The van der Waals surface area contributed by atoms with Gasteiger partial charge in [-0.25, -0.2) is 0 Å². The molecule has 1 aromatic rings. The Morgan fingerprint density at radius 1 is 1.47 bits per heavy atom. The van der Waals surface area contributed by atoms with E-state index in [0.29, 0.717) is 19.4 Å². The van der Waals surface area contributed by atoms with E-state index < -0.39 is 0 Å². The van der Waals surface area contributed by atoms with Gasteiger partial charge in [-0.3, -0.25) is 9.59 Å². The molecule has 0 aliphatic carbocycles. The van der Waals surface area contributed by atoms with E-state index >= 15 is 0 Å². The standard InChI is InChI=1S/C14H18N2O3/c1-16(6-5-14(18)19-2)9-10-3-4-12-11(7-10)8-13(17)15-12/h3-4,7H,5-6,8-9H2,1-2H3,(H,15,17). The molecule has 1 aliphatic rings. The van der Waals surface area contributed by atoms with Crippen molar-refractivity contribution in [1.82, 2.24) is 4.90 Å². The monoisotopic (exact) mass is 262 g/mol. The van der Waals surface area contributed by atoms with Crippen molar-refractivity contribution in [2.45, 2.75) is 19.4 Å². The highest BCUT2D eigenvalue weighted by Crippen LogP contribution is 2.24. The maximum absolute atomic E-state index is 11.3. The van der Waals surface area contributed by atoms with Gasteiger partial charge in [-0.2, -0.15) is 0 Å². The zero-order valence-corrected chi connectivity index (χ0v) is 11.2. The first-order chi connectivity index (χ1) is 9.08. The molecule has 1 amide bonds. The van der Waals surface area contributed by atoms with Crippen LogP contribution in [0.25, 0.3) is 0 Å². The maximum Gasteiger partial charge on any atom is 0.306 e. The number of nitrogens with one attached hydrogen (secondary N) is 1. The Kier molecular flexibility index (Phi) is 4.16. The van der Waals surface area contributed by atoms with Gasteiger partial charge in [0.25, 0.3) is 0 Å². The molecule has 1 aromatic carbocycles. The topological polar surface area (TPSA) is 58.6 Å². The summed E-state index contributed by atoms with van der Waals surface area (Å²) in [5, 5.41) is 2.81. The fourth-order valence-electron chi connectivity index (χ4n) is 2.16. The van der Waals surface area contributed by atoms with Crippen molar-refractivity contribution < 1.29 is 14.3 Å². The van der Waals surface area contributed by atoms with Crippen LogP contribution in [0.3, 0.4) is 0 Å². The number of methoxy groups -OCH3 is 1. The first-order valence-electron chi connectivity index (χ1n) is 6.25. The third kappa shape index (κ3) is 3.54. The number of carbonyl (C=O) groups excluding carboxylic acids is 2. The fraction of sp³-hybridized carbons (Fsp3) is 0.429. The van der Waals surface area contributed by atoms with Crippen LogP contribution in [0.5, 0.6) is 0 Å². The molecule has 0 saturated carbocycles. The summed E-state index contributed by atoms with van der Waals surface area (Å²) in [5.41, 5.74) is 3.09. The average Bonchev–Trinajstić information content (AvgIpc) is 2.75. The maximum atomic E-state index is 11.3. The molecule has 0 aromatic heterocycles. The lowest BCUT2D eigenvalue weighted by Crippen LogP contribution is -2.21. The third-order valence-electron chi connectivity index (χ3n) is 3.17. The summed E-state index contributed by atoms with van der Waals surface area (Å²) in [5.74, 6) is -0.151. The third-order valence-corrected chi connectivity index (χ3v) is 3.17. The van der Waals surface area contributed by atoms with Crippen molar-refractivity contribution in [3.8, 4) is 0 Å². The van der Waals surface area contributed by atoms with Crippen LogP contribution in [0.1, 0.15) is 17.5 Å². The SMILES string of the molecule is COC(=O)CCN(C)Cc1ccc2c(c1)CC(=O)N2. The summed E-state index contributed by atoms with van der Waals surface area (Å²) in [6.45, 7) is 1.40. The predicted octanol–water partition coefficient (Wildman–Crippen LogP) is 1.18. The van der Waals surface area contributed by atoms with E-state index in [1.807, 2.05) is 25.2 Å². The van der Waals surface area contributed by atoms with Crippen molar-refractivity contribution in [2.75, 3.05) is 26.0 Å². The van der Waals surface area contributed by atoms with E-state index in [4.69, 9.17) is 0 Å². The van der Waals surface area contributed by atoms with Crippen LogP contribution in [-0.4, -0.2) is 37.5 Å². The summed E-state index contributed by atoms with van der Waals surface area (Å²) in [4.78, 5) is 24.4. The van der Waals surface area contributed by atoms with E-state index in [9.17, 15) is 9.59 Å². The van der Waals surface area contributed by atoms with Crippen LogP contribution in [0.15, 0.2) is 18.2 Å². The molecule has 0 bridgehead atoms. The van der Waals surface area contributed by atoms with Crippen molar-refractivity contribution in [3.05, 3.63) is 29.3 Å². The van der Waals surface area contributed by atoms with Gasteiger partial charge in [-0.05, 0) is 24.2 Å². The molecule has 0 unspecified atom stereocenters. The fourth-order valence-corrected chi connectivity index (χ4v) is 2.16. The number of hydrogen-bond acceptors (Lipinski definition) is 4. The van der Waals surface area contributed by atoms with Gasteiger partial charge < -0.3 is 15.0 Å². The molecule has 0 radical (unpaired) electrons. The summed E-state index contributed by atoms with van der Waals surface area (Å²) < 4.78 is 4.61. The van der Waals surface area contributed by atoms with Gasteiger partial charge in [0.05, 0.1) is 20.0 Å². The number of rotatable bonds is 5. The molecule has 0 spiro atoms. The number of anilines is 1. The van der Waals surface area contributed by atoms with E-state index in [1.54, 1.807) is 0 Å². The second-order valence-corrected chi connectivity index (χ2v) is 4.78. The summed E-state index contributed by atoms with van der Waals surface area (Å²) in [6.07, 6.45) is 0.840. The summed E-state index contributed by atoms with van der Waals surface area (Å²) in [7, 11) is 3.35. The number of esters is 1. The average molecular weight is 262 g/mol. The molecule has 102 valence electrons. The van der Waals surface area contributed by atoms with Crippen molar-refractivity contribution in [3.63, 3.8) is 0 Å². The highest BCUT2D eigenvalue weighted by molar-refractivity contribution is 5.99. The smallest absolute Gasteiger partial charge is 0.306 e. The van der Waals surface area contributed by atoms with Crippen molar-refractivity contribution >= 4 is 17.6 Å². The normalized spacial score (nSPS) is 13.3. The number of carbonyl (C=O) groups is 2. The second kappa shape index (κ2) is 5.84. The van der Waals surface area contributed by atoms with Crippen molar-refractivity contribution in [2.24, 2.45) is 0 Å². The van der Waals surface area contributed by atoms with Gasteiger partial charge in [0.2, 0.25) is 5.91 Å². The van der Waals surface area contributed by atoms with Crippen LogP contribution in [0, 0.1) is 0 Å². The Morgan fingerprint density at radius 2 is 2.26 bits per heavy atom. The zero-order valence-electron chi connectivity index (χ0n) is 11.2. The minimum Gasteiger partial charge on any atom is -0.469 e. The van der Waals surface area contributed by atoms with Gasteiger partial charge in [0, 0.05) is 18.8 Å². The lowest BCUT2D eigenvalue weighted by Gasteiger charge is -2.16. The van der Waals surface area contributed by atoms with Gasteiger partial charge in [0.15, 0.2) is 0 Å². The number of benzene rings is 1. The number of amides is 1. The largest absolute Gasteiger partial charge is 0.469 e. The first kappa shape index (κ1) is 13.5. The number of hydrogen-bond donors (Lipinski definition) is 1. The Bertz CT molecular complexity index is 499. The Hall–Kier alpha value is -1.88.